The Kier molecular flexibility index (Phi) is 4.31. The Hall–Kier alpha value is -0.480. The molecule has 1 aromatic rings. The molecule has 0 spiro atoms. The molecule has 106 valence electrons. The molecular weight excluding hydrogens is 312 g/mol. The monoisotopic (exact) mass is 331 g/mol. The summed E-state index contributed by atoms with van der Waals surface area (Å²) in [5.74, 6) is 0.110. The van der Waals surface area contributed by atoms with Gasteiger partial charge in [-0.2, -0.15) is 0 Å². The van der Waals surface area contributed by atoms with Gasteiger partial charge in [-0.3, -0.25) is 0 Å². The van der Waals surface area contributed by atoms with Gasteiger partial charge in [-0.25, -0.2) is 8.78 Å². The number of hydrogen-bond acceptors (Lipinski definition) is 1. The smallest absolute Gasteiger partial charge is 0.143 e. The molecule has 3 unspecified atom stereocenters. The maximum Gasteiger partial charge on any atom is 0.143 e. The Morgan fingerprint density at radius 1 is 1.32 bits per heavy atom. The summed E-state index contributed by atoms with van der Waals surface area (Å²) in [5, 5.41) is 0. The third kappa shape index (κ3) is 3.16. The lowest BCUT2D eigenvalue weighted by atomic mass is 9.69. The molecule has 0 aromatic heterocycles. The average Bonchev–Trinajstić information content (AvgIpc) is 2.35. The predicted octanol–water partition coefficient (Wildman–Crippen LogP) is 4.42. The average molecular weight is 332 g/mol. The Balaban J connectivity index is 2.24. The van der Waals surface area contributed by atoms with Crippen LogP contribution in [0.5, 0.6) is 0 Å². The van der Waals surface area contributed by atoms with Crippen molar-refractivity contribution in [2.24, 2.45) is 17.6 Å². The molecule has 0 saturated heterocycles. The fourth-order valence-corrected chi connectivity index (χ4v) is 3.36. The molecule has 1 aliphatic carbocycles. The summed E-state index contributed by atoms with van der Waals surface area (Å²) in [5.41, 5.74) is 6.00. The first-order valence-corrected chi connectivity index (χ1v) is 7.53. The van der Waals surface area contributed by atoms with E-state index in [9.17, 15) is 8.78 Å². The molecule has 1 fully saturated rings. The van der Waals surface area contributed by atoms with Gasteiger partial charge >= 0.3 is 0 Å². The Morgan fingerprint density at radius 2 is 2.00 bits per heavy atom. The minimum Gasteiger partial charge on any atom is -0.325 e. The molecule has 1 aromatic carbocycles. The first-order valence-electron chi connectivity index (χ1n) is 6.74. The third-order valence-electron chi connectivity index (χ3n) is 4.47. The van der Waals surface area contributed by atoms with E-state index >= 15 is 0 Å². The van der Waals surface area contributed by atoms with Crippen LogP contribution in [0.25, 0.3) is 0 Å². The molecule has 4 heteroatoms. The van der Waals surface area contributed by atoms with Crippen LogP contribution in [-0.2, 0) is 6.42 Å². The quantitative estimate of drug-likeness (QED) is 0.797. The summed E-state index contributed by atoms with van der Waals surface area (Å²) >= 11 is 3.10. The van der Waals surface area contributed by atoms with Crippen LogP contribution in [0.1, 0.15) is 38.7 Å². The lowest BCUT2D eigenvalue weighted by molar-refractivity contribution is 0.173. The number of halogens is 3. The zero-order valence-corrected chi connectivity index (χ0v) is 12.9. The number of nitrogens with two attached hydrogens (primary N) is 1. The zero-order valence-electron chi connectivity index (χ0n) is 11.3. The molecule has 0 heterocycles. The predicted molar refractivity (Wildman–Crippen MR) is 76.9 cm³/mol. The van der Waals surface area contributed by atoms with Crippen molar-refractivity contribution in [3.8, 4) is 0 Å². The second-order valence-corrected chi connectivity index (χ2v) is 6.91. The van der Waals surface area contributed by atoms with E-state index in [1.165, 1.54) is 12.1 Å². The van der Waals surface area contributed by atoms with Crippen LogP contribution in [0.3, 0.4) is 0 Å². The van der Waals surface area contributed by atoms with Gasteiger partial charge in [-0.05, 0) is 65.6 Å². The fraction of sp³-hybridized carbons (Fsp3) is 0.600. The summed E-state index contributed by atoms with van der Waals surface area (Å²) in [6.07, 6.45) is 2.93. The van der Waals surface area contributed by atoms with Crippen LogP contribution in [0.2, 0.25) is 0 Å². The second kappa shape index (κ2) is 5.49. The van der Waals surface area contributed by atoms with Crippen molar-refractivity contribution in [1.82, 2.24) is 0 Å². The molecule has 1 saturated carbocycles. The first-order chi connectivity index (χ1) is 8.82. The molecule has 1 nitrogen and oxygen atoms in total. The summed E-state index contributed by atoms with van der Waals surface area (Å²) in [6.45, 7) is 4.38. The minimum absolute atomic E-state index is 0.110. The number of benzene rings is 1. The lowest BCUT2D eigenvalue weighted by Gasteiger charge is -2.40. The van der Waals surface area contributed by atoms with Crippen LogP contribution in [0, 0.1) is 23.5 Å². The van der Waals surface area contributed by atoms with E-state index in [0.717, 1.165) is 19.3 Å². The van der Waals surface area contributed by atoms with E-state index in [1.807, 2.05) is 0 Å². The van der Waals surface area contributed by atoms with E-state index in [-0.39, 0.29) is 12.0 Å². The third-order valence-corrected chi connectivity index (χ3v) is 5.08. The SMILES string of the molecule is CC1CCC(N)(Cc2c(F)ccc(Br)c2F)CC1C. The summed E-state index contributed by atoms with van der Waals surface area (Å²) in [6, 6.07) is 2.68. The van der Waals surface area contributed by atoms with Crippen molar-refractivity contribution in [2.45, 2.75) is 45.1 Å². The highest BCUT2D eigenvalue weighted by atomic mass is 79.9. The van der Waals surface area contributed by atoms with Gasteiger partial charge in [0.05, 0.1) is 4.47 Å². The Bertz CT molecular complexity index is 477. The van der Waals surface area contributed by atoms with Gasteiger partial charge in [0.15, 0.2) is 0 Å². The molecular formula is C15H20BrF2N. The number of hydrogen-bond donors (Lipinski definition) is 1. The maximum absolute atomic E-state index is 14.0. The normalized spacial score (nSPS) is 31.5. The zero-order chi connectivity index (χ0) is 14.2. The summed E-state index contributed by atoms with van der Waals surface area (Å²) in [4.78, 5) is 0. The van der Waals surface area contributed by atoms with Crippen molar-refractivity contribution in [1.29, 1.82) is 0 Å². The molecule has 2 N–H and O–H groups in total. The van der Waals surface area contributed by atoms with E-state index in [0.29, 0.717) is 16.3 Å². The van der Waals surface area contributed by atoms with Crippen LogP contribution < -0.4 is 5.73 Å². The van der Waals surface area contributed by atoms with Gasteiger partial charge in [0.1, 0.15) is 11.6 Å². The van der Waals surface area contributed by atoms with Crippen molar-refractivity contribution in [3.63, 3.8) is 0 Å². The highest BCUT2D eigenvalue weighted by Crippen LogP contribution is 2.37. The van der Waals surface area contributed by atoms with Gasteiger partial charge in [0.2, 0.25) is 0 Å². The first kappa shape index (κ1) is 14.9. The highest BCUT2D eigenvalue weighted by Gasteiger charge is 2.36. The molecule has 3 atom stereocenters. The Morgan fingerprint density at radius 3 is 2.63 bits per heavy atom. The van der Waals surface area contributed by atoms with Crippen LogP contribution in [0.4, 0.5) is 8.78 Å². The van der Waals surface area contributed by atoms with Crippen LogP contribution in [0.15, 0.2) is 16.6 Å². The van der Waals surface area contributed by atoms with E-state index in [4.69, 9.17) is 5.73 Å². The van der Waals surface area contributed by atoms with Crippen molar-refractivity contribution < 1.29 is 8.78 Å². The van der Waals surface area contributed by atoms with Gasteiger partial charge in [-0.1, -0.05) is 13.8 Å². The van der Waals surface area contributed by atoms with Crippen molar-refractivity contribution in [3.05, 3.63) is 33.8 Å². The Labute approximate surface area is 121 Å². The molecule has 0 radical (unpaired) electrons. The minimum atomic E-state index is -0.517. The van der Waals surface area contributed by atoms with Crippen molar-refractivity contribution in [2.75, 3.05) is 0 Å². The molecule has 19 heavy (non-hydrogen) atoms. The van der Waals surface area contributed by atoms with E-state index < -0.39 is 17.2 Å². The van der Waals surface area contributed by atoms with Crippen LogP contribution in [-0.4, -0.2) is 5.54 Å². The topological polar surface area (TPSA) is 26.0 Å². The van der Waals surface area contributed by atoms with Crippen LogP contribution >= 0.6 is 15.9 Å². The molecule has 2 rings (SSSR count). The van der Waals surface area contributed by atoms with Gasteiger partial charge in [0, 0.05) is 11.1 Å². The van der Waals surface area contributed by atoms with E-state index in [1.54, 1.807) is 0 Å². The van der Waals surface area contributed by atoms with Gasteiger partial charge in [0.25, 0.3) is 0 Å². The molecule has 1 aliphatic rings. The second-order valence-electron chi connectivity index (χ2n) is 6.06. The van der Waals surface area contributed by atoms with E-state index in [2.05, 4.69) is 29.8 Å². The fourth-order valence-electron chi connectivity index (χ4n) is 2.99. The number of rotatable bonds is 2. The molecule has 0 bridgehead atoms. The highest BCUT2D eigenvalue weighted by molar-refractivity contribution is 9.10. The molecule has 0 amide bonds. The van der Waals surface area contributed by atoms with Crippen molar-refractivity contribution >= 4 is 15.9 Å². The summed E-state index contributed by atoms with van der Waals surface area (Å²) < 4.78 is 28.1. The largest absolute Gasteiger partial charge is 0.325 e. The molecule has 0 aliphatic heterocycles. The lowest BCUT2D eigenvalue weighted by Crippen LogP contribution is -2.48. The summed E-state index contributed by atoms with van der Waals surface area (Å²) in [7, 11) is 0. The standard InChI is InChI=1S/C15H20BrF2N/c1-9-5-6-15(19,7-10(9)2)8-11-13(17)4-3-12(16)14(11)18/h3-4,9-10H,5-8,19H2,1-2H3. The van der Waals surface area contributed by atoms with Gasteiger partial charge < -0.3 is 5.73 Å². The maximum atomic E-state index is 14.0. The van der Waals surface area contributed by atoms with Gasteiger partial charge in [-0.15, -0.1) is 0 Å².